The quantitative estimate of drug-likeness (QED) is 0.936. The molecule has 0 saturated heterocycles. The fraction of sp³-hybridized carbons (Fsp3) is 0.214. The maximum atomic E-state index is 11.9. The Labute approximate surface area is 114 Å². The molecule has 0 aliphatic carbocycles. The second kappa shape index (κ2) is 5.40. The van der Waals surface area contributed by atoms with Crippen LogP contribution in [0.2, 0.25) is 0 Å². The first kappa shape index (κ1) is 12.9. The van der Waals surface area contributed by atoms with Crippen LogP contribution < -0.4 is 5.32 Å². The van der Waals surface area contributed by atoms with Crippen LogP contribution in [0.5, 0.6) is 0 Å². The molecule has 1 amide bonds. The lowest BCUT2D eigenvalue weighted by molar-refractivity contribution is 0.0910. The Morgan fingerprint density at radius 1 is 1.22 bits per heavy atom. The van der Waals surface area contributed by atoms with Gasteiger partial charge >= 0.3 is 0 Å². The molecule has 3 nitrogen and oxygen atoms in total. The molecule has 1 atom stereocenters. The molecule has 1 aromatic heterocycles. The van der Waals surface area contributed by atoms with Crippen molar-refractivity contribution < 1.29 is 9.21 Å². The van der Waals surface area contributed by atoms with Crippen LogP contribution in [0.4, 0.5) is 0 Å². The van der Waals surface area contributed by atoms with Gasteiger partial charge in [0.2, 0.25) is 0 Å². The molecule has 0 radical (unpaired) electrons. The molecule has 94 valence electrons. The first-order chi connectivity index (χ1) is 8.56. The molecule has 4 heteroatoms. The number of hydrogen-bond acceptors (Lipinski definition) is 2. The summed E-state index contributed by atoms with van der Waals surface area (Å²) in [6, 6.07) is 11.4. The zero-order chi connectivity index (χ0) is 13.1. The van der Waals surface area contributed by atoms with Crippen LogP contribution in [0, 0.1) is 6.92 Å². The first-order valence-electron chi connectivity index (χ1n) is 5.69. The average Bonchev–Trinajstić information content (AvgIpc) is 2.76. The summed E-state index contributed by atoms with van der Waals surface area (Å²) in [5.74, 6) is 0.0922. The highest BCUT2D eigenvalue weighted by Crippen LogP contribution is 2.17. The second-order valence-electron chi connectivity index (χ2n) is 4.21. The van der Waals surface area contributed by atoms with Crippen LogP contribution in [0.3, 0.4) is 0 Å². The Bertz CT molecular complexity index is 545. The zero-order valence-electron chi connectivity index (χ0n) is 10.2. The number of hydrogen-bond donors (Lipinski definition) is 1. The van der Waals surface area contributed by atoms with Crippen LogP contribution in [-0.2, 0) is 0 Å². The second-order valence-corrected chi connectivity index (χ2v) is 4.99. The van der Waals surface area contributed by atoms with Crippen molar-refractivity contribution in [3.8, 4) is 0 Å². The summed E-state index contributed by atoms with van der Waals surface area (Å²) in [6.07, 6.45) is 0. The van der Waals surface area contributed by atoms with Crippen LogP contribution >= 0.6 is 15.9 Å². The number of halogens is 1. The zero-order valence-corrected chi connectivity index (χ0v) is 11.8. The third-order valence-corrected chi connectivity index (χ3v) is 3.15. The van der Waals surface area contributed by atoms with E-state index in [4.69, 9.17) is 4.42 Å². The van der Waals surface area contributed by atoms with E-state index in [0.717, 1.165) is 5.56 Å². The number of aryl methyl sites for hydroxylation is 1. The van der Waals surface area contributed by atoms with E-state index in [1.165, 1.54) is 5.56 Å². The first-order valence-corrected chi connectivity index (χ1v) is 6.48. The van der Waals surface area contributed by atoms with E-state index >= 15 is 0 Å². The molecule has 18 heavy (non-hydrogen) atoms. The van der Waals surface area contributed by atoms with Crippen molar-refractivity contribution in [3.63, 3.8) is 0 Å². The molecule has 1 N–H and O–H groups in total. The van der Waals surface area contributed by atoms with Gasteiger partial charge in [-0.3, -0.25) is 4.79 Å². The minimum absolute atomic E-state index is 0.0537. The molecule has 0 bridgehead atoms. The predicted octanol–water partition coefficient (Wildman–Crippen LogP) is 3.84. The van der Waals surface area contributed by atoms with E-state index in [1.807, 2.05) is 38.1 Å². The van der Waals surface area contributed by atoms with E-state index in [-0.39, 0.29) is 11.9 Å². The predicted molar refractivity (Wildman–Crippen MR) is 73.5 cm³/mol. The van der Waals surface area contributed by atoms with Gasteiger partial charge in [-0.2, -0.15) is 0 Å². The molecule has 2 aromatic rings. The Morgan fingerprint density at radius 3 is 2.44 bits per heavy atom. The molecular weight excluding hydrogens is 294 g/mol. The van der Waals surface area contributed by atoms with Gasteiger partial charge in [0.05, 0.1) is 6.04 Å². The van der Waals surface area contributed by atoms with Crippen LogP contribution in [0.15, 0.2) is 45.5 Å². The minimum atomic E-state index is -0.214. The van der Waals surface area contributed by atoms with Crippen molar-refractivity contribution in [1.82, 2.24) is 5.32 Å². The fourth-order valence-electron chi connectivity index (χ4n) is 1.64. The van der Waals surface area contributed by atoms with Gasteiger partial charge in [-0.05, 0) is 47.5 Å². The van der Waals surface area contributed by atoms with E-state index < -0.39 is 0 Å². The SMILES string of the molecule is Cc1ccc(C(C)NC(=O)c2ccc(Br)o2)cc1. The largest absolute Gasteiger partial charge is 0.444 e. The van der Waals surface area contributed by atoms with E-state index in [1.54, 1.807) is 12.1 Å². The van der Waals surface area contributed by atoms with Crippen molar-refractivity contribution in [1.29, 1.82) is 0 Å². The molecule has 0 saturated carbocycles. The summed E-state index contributed by atoms with van der Waals surface area (Å²) >= 11 is 3.17. The number of rotatable bonds is 3. The molecule has 2 rings (SSSR count). The van der Waals surface area contributed by atoms with Gasteiger partial charge in [0.1, 0.15) is 0 Å². The van der Waals surface area contributed by atoms with Crippen LogP contribution in [0.25, 0.3) is 0 Å². The highest BCUT2D eigenvalue weighted by Gasteiger charge is 2.14. The topological polar surface area (TPSA) is 42.2 Å². The Balaban J connectivity index is 2.05. The van der Waals surface area contributed by atoms with Gasteiger partial charge in [-0.25, -0.2) is 0 Å². The van der Waals surface area contributed by atoms with Crippen molar-refractivity contribution in [2.45, 2.75) is 19.9 Å². The number of nitrogens with one attached hydrogen (secondary N) is 1. The van der Waals surface area contributed by atoms with E-state index in [9.17, 15) is 4.79 Å². The number of benzene rings is 1. The summed E-state index contributed by atoms with van der Waals surface area (Å²) in [7, 11) is 0. The Hall–Kier alpha value is -1.55. The minimum Gasteiger partial charge on any atom is -0.444 e. The molecule has 1 heterocycles. The van der Waals surface area contributed by atoms with Gasteiger partial charge in [0, 0.05) is 0 Å². The highest BCUT2D eigenvalue weighted by atomic mass is 79.9. The van der Waals surface area contributed by atoms with E-state index in [0.29, 0.717) is 10.4 Å². The van der Waals surface area contributed by atoms with Gasteiger partial charge in [0.25, 0.3) is 5.91 Å². The van der Waals surface area contributed by atoms with Gasteiger partial charge in [0.15, 0.2) is 10.4 Å². The molecular formula is C14H14BrNO2. The number of furan rings is 1. The lowest BCUT2D eigenvalue weighted by Gasteiger charge is -2.13. The summed E-state index contributed by atoms with van der Waals surface area (Å²) in [4.78, 5) is 11.9. The average molecular weight is 308 g/mol. The van der Waals surface area contributed by atoms with Crippen LogP contribution in [-0.4, -0.2) is 5.91 Å². The molecule has 0 spiro atoms. The Kier molecular flexibility index (Phi) is 3.87. The Morgan fingerprint density at radius 2 is 1.89 bits per heavy atom. The van der Waals surface area contributed by atoms with Crippen LogP contribution in [0.1, 0.15) is 34.6 Å². The summed E-state index contributed by atoms with van der Waals surface area (Å²) in [5, 5.41) is 2.89. The standard InChI is InChI=1S/C14H14BrNO2/c1-9-3-5-11(6-4-9)10(2)16-14(17)12-7-8-13(15)18-12/h3-8,10H,1-2H3,(H,16,17). The number of amides is 1. The summed E-state index contributed by atoms with van der Waals surface area (Å²) in [6.45, 7) is 3.98. The highest BCUT2D eigenvalue weighted by molar-refractivity contribution is 9.10. The van der Waals surface area contributed by atoms with Gasteiger partial charge in [-0.15, -0.1) is 0 Å². The molecule has 0 aliphatic heterocycles. The van der Waals surface area contributed by atoms with Crippen molar-refractivity contribution in [2.75, 3.05) is 0 Å². The maximum absolute atomic E-state index is 11.9. The molecule has 0 aliphatic rings. The van der Waals surface area contributed by atoms with E-state index in [2.05, 4.69) is 21.2 Å². The number of carbonyl (C=O) groups excluding carboxylic acids is 1. The third-order valence-electron chi connectivity index (χ3n) is 2.72. The number of carbonyl (C=O) groups is 1. The van der Waals surface area contributed by atoms with Crippen molar-refractivity contribution in [2.24, 2.45) is 0 Å². The smallest absolute Gasteiger partial charge is 0.287 e. The summed E-state index contributed by atoms with van der Waals surface area (Å²) < 4.78 is 5.76. The van der Waals surface area contributed by atoms with Crippen molar-refractivity contribution in [3.05, 3.63) is 58.0 Å². The summed E-state index contributed by atoms with van der Waals surface area (Å²) in [5.41, 5.74) is 2.27. The normalized spacial score (nSPS) is 12.2. The fourth-order valence-corrected chi connectivity index (χ4v) is 1.95. The molecule has 0 fully saturated rings. The lowest BCUT2D eigenvalue weighted by atomic mass is 10.1. The molecule has 1 aromatic carbocycles. The lowest BCUT2D eigenvalue weighted by Crippen LogP contribution is -2.26. The van der Waals surface area contributed by atoms with Gasteiger partial charge < -0.3 is 9.73 Å². The van der Waals surface area contributed by atoms with Crippen molar-refractivity contribution >= 4 is 21.8 Å². The third kappa shape index (κ3) is 3.01. The molecule has 1 unspecified atom stereocenters. The van der Waals surface area contributed by atoms with Gasteiger partial charge in [-0.1, -0.05) is 29.8 Å². The maximum Gasteiger partial charge on any atom is 0.287 e. The monoisotopic (exact) mass is 307 g/mol.